The predicted octanol–water partition coefficient (Wildman–Crippen LogP) is 6.51. The van der Waals surface area contributed by atoms with Crippen LogP contribution in [0.3, 0.4) is 0 Å². The Morgan fingerprint density at radius 2 is 0.896 bits per heavy atom. The Balaban J connectivity index is 1.54. The van der Waals surface area contributed by atoms with Crippen molar-refractivity contribution in [2.75, 3.05) is 0 Å². The van der Waals surface area contributed by atoms with Gasteiger partial charge in [0, 0.05) is 42.3 Å². The van der Waals surface area contributed by atoms with Gasteiger partial charge in [0.15, 0.2) is 8.32 Å². The van der Waals surface area contributed by atoms with E-state index in [2.05, 4.69) is 37.9 Å². The molecular formula is C26H52O13Si9. The summed E-state index contributed by atoms with van der Waals surface area (Å²) in [5.74, 6) is 0. The van der Waals surface area contributed by atoms with E-state index in [9.17, 15) is 0 Å². The van der Waals surface area contributed by atoms with E-state index in [-0.39, 0.29) is 0 Å². The summed E-state index contributed by atoms with van der Waals surface area (Å²) in [4.78, 5) is 0. The van der Waals surface area contributed by atoms with Gasteiger partial charge in [0.2, 0.25) is 0 Å². The molecule has 1 aromatic rings. The minimum atomic E-state index is -4.30. The Hall–Kier alpha value is 0.392. The van der Waals surface area contributed by atoms with Crippen LogP contribution in [0.15, 0.2) is 30.8 Å². The molecule has 6 aliphatic rings. The number of rotatable bonds is 13. The molecule has 7 rings (SSSR count). The molecule has 22 heteroatoms. The molecule has 48 heavy (non-hydrogen) atoms. The zero-order chi connectivity index (χ0) is 34.7. The van der Waals surface area contributed by atoms with Crippen molar-refractivity contribution >= 4 is 85.1 Å². The predicted molar refractivity (Wildman–Crippen MR) is 196 cm³/mol. The third-order valence-corrected chi connectivity index (χ3v) is 49.1. The number of hydrogen-bond donors (Lipinski definition) is 0. The van der Waals surface area contributed by atoms with Crippen LogP contribution in [0.5, 0.6) is 0 Å². The molecule has 6 aliphatic heterocycles. The van der Waals surface area contributed by atoms with Crippen molar-refractivity contribution in [1.29, 1.82) is 0 Å². The molecule has 0 saturated carbocycles. The van der Waals surface area contributed by atoms with Crippen LogP contribution in [0, 0.1) is 0 Å². The smallest absolute Gasteiger partial charge is 0.395 e. The maximum atomic E-state index is 7.28. The van der Waals surface area contributed by atoms with E-state index in [1.54, 1.807) is 0 Å². The van der Waals surface area contributed by atoms with Gasteiger partial charge < -0.3 is 53.5 Å². The van der Waals surface area contributed by atoms with Crippen LogP contribution >= 0.6 is 0 Å². The molecule has 6 heterocycles. The highest BCUT2D eigenvalue weighted by Crippen LogP contribution is 2.53. The first kappa shape index (κ1) is 38.1. The average Bonchev–Trinajstić information content (AvgIpc) is 3.03. The van der Waals surface area contributed by atoms with Crippen molar-refractivity contribution in [3.63, 3.8) is 0 Å². The summed E-state index contributed by atoms with van der Waals surface area (Å²) in [6.07, 6.45) is 2.65. The molecule has 0 N–H and O–H groups in total. The normalized spacial score (nSPS) is 43.7. The van der Waals surface area contributed by atoms with Gasteiger partial charge in [0.1, 0.15) is 0 Å². The minimum Gasteiger partial charge on any atom is -0.395 e. The minimum absolute atomic E-state index is 0.370. The van der Waals surface area contributed by atoms with Crippen LogP contribution in [-0.4, -0.2) is 79.0 Å². The van der Waals surface area contributed by atoms with E-state index in [1.807, 2.05) is 60.6 Å². The summed E-state index contributed by atoms with van der Waals surface area (Å²) < 4.78 is 93.7. The van der Waals surface area contributed by atoms with Crippen molar-refractivity contribution in [2.45, 2.75) is 116 Å². The molecule has 0 spiro atoms. The lowest BCUT2D eigenvalue weighted by atomic mass is 10.1. The highest BCUT2D eigenvalue weighted by atomic mass is 28.6. The maximum Gasteiger partial charge on any atom is 0.646 e. The summed E-state index contributed by atoms with van der Waals surface area (Å²) in [6.45, 7) is 22.1. The quantitative estimate of drug-likeness (QED) is 0.201. The summed E-state index contributed by atoms with van der Waals surface area (Å²) in [7, 11) is -33.1. The monoisotopic (exact) mass is 824 g/mol. The third-order valence-electron chi connectivity index (χ3n) is 9.28. The lowest BCUT2D eigenvalue weighted by Crippen LogP contribution is -2.88. The van der Waals surface area contributed by atoms with Gasteiger partial charge in [0.05, 0.1) is 0 Å². The van der Waals surface area contributed by atoms with Gasteiger partial charge in [-0.2, -0.15) is 0 Å². The van der Waals surface area contributed by atoms with Gasteiger partial charge in [-0.1, -0.05) is 85.4 Å². The van der Waals surface area contributed by atoms with Gasteiger partial charge >= 0.3 is 70.7 Å². The zero-order valence-electron chi connectivity index (χ0n) is 29.8. The highest BCUT2D eigenvalue weighted by Gasteiger charge is 2.83. The fraction of sp³-hybridized carbons (Fsp3) is 0.692. The fourth-order valence-corrected chi connectivity index (χ4v) is 58.9. The van der Waals surface area contributed by atoms with Crippen LogP contribution in [0.4, 0.5) is 0 Å². The van der Waals surface area contributed by atoms with E-state index >= 15 is 0 Å². The molecule has 270 valence electrons. The van der Waals surface area contributed by atoms with E-state index in [4.69, 9.17) is 53.5 Å². The van der Waals surface area contributed by atoms with Gasteiger partial charge in [0.25, 0.3) is 0 Å². The van der Waals surface area contributed by atoms with E-state index < -0.39 is 79.0 Å². The van der Waals surface area contributed by atoms with Gasteiger partial charge in [-0.05, 0) is 36.7 Å². The molecule has 13 nitrogen and oxygen atoms in total. The van der Waals surface area contributed by atoms with Gasteiger partial charge in [-0.3, -0.25) is 0 Å². The van der Waals surface area contributed by atoms with Crippen molar-refractivity contribution in [3.05, 3.63) is 42.0 Å². The second-order valence-corrected chi connectivity index (χ2v) is 43.4. The topological polar surface area (TPSA) is 120 Å². The second-order valence-electron chi connectivity index (χ2n) is 13.3. The number of benzene rings is 1. The largest absolute Gasteiger partial charge is 0.646 e. The second kappa shape index (κ2) is 13.4. The lowest BCUT2D eigenvalue weighted by Gasteiger charge is -2.62. The molecule has 6 saturated heterocycles. The van der Waals surface area contributed by atoms with Crippen LogP contribution in [-0.2, 0) is 59.9 Å². The zero-order valence-corrected chi connectivity index (χ0v) is 38.8. The molecule has 0 amide bonds. The lowest BCUT2D eigenvalue weighted by molar-refractivity contribution is -0.0459. The van der Waals surface area contributed by atoms with Crippen molar-refractivity contribution in [2.24, 2.45) is 0 Å². The van der Waals surface area contributed by atoms with Crippen LogP contribution in [0.1, 0.15) is 59.6 Å². The molecule has 0 unspecified atom stereocenters. The first-order chi connectivity index (χ1) is 22.6. The van der Waals surface area contributed by atoms with Gasteiger partial charge in [-0.15, -0.1) is 0 Å². The Kier molecular flexibility index (Phi) is 10.6. The Bertz CT molecular complexity index is 1250. The molecule has 1 aromatic carbocycles. The maximum absolute atomic E-state index is 7.28. The molecule has 6 fully saturated rings. The van der Waals surface area contributed by atoms with E-state index in [0.717, 1.165) is 18.0 Å². The number of aryl methyl sites for hydroxylation is 1. The average molecular weight is 825 g/mol. The van der Waals surface area contributed by atoms with Crippen LogP contribution < -0.4 is 0 Å². The molecule has 0 atom stereocenters. The third kappa shape index (κ3) is 6.94. The van der Waals surface area contributed by atoms with Crippen molar-refractivity contribution in [3.8, 4) is 0 Å². The van der Waals surface area contributed by atoms with Crippen LogP contribution in [0.25, 0.3) is 6.08 Å². The molecule has 0 aromatic heterocycles. The molecule has 0 aliphatic carbocycles. The Morgan fingerprint density at radius 1 is 0.562 bits per heavy atom. The summed E-state index contributed by atoms with van der Waals surface area (Å²) in [6, 6.07) is 11.9. The summed E-state index contributed by atoms with van der Waals surface area (Å²) in [5, 5.41) is 0. The van der Waals surface area contributed by atoms with Crippen molar-refractivity contribution in [1.82, 2.24) is 0 Å². The standard InChI is InChI=1S/C26H52O13Si9/c1-11-25-20-19-21-26(24-25)22-23-40(9,10)27-48-37-45(16-6)31-42(13-3)28-41(12-2)29-43(14-4,33-45)35-47(18-8,39-48)36-44(15-5,30-41)34-46(17-7,32-42)38-48/h11,19-21,24H,1,12-18,22-23H2,2-10H3. The van der Waals surface area contributed by atoms with E-state index in [1.165, 1.54) is 5.56 Å². The summed E-state index contributed by atoms with van der Waals surface area (Å²) >= 11 is 0. The number of hydrogen-bond acceptors (Lipinski definition) is 13. The molecule has 0 radical (unpaired) electrons. The Morgan fingerprint density at radius 3 is 1.21 bits per heavy atom. The van der Waals surface area contributed by atoms with E-state index in [0.29, 0.717) is 42.3 Å². The first-order valence-corrected chi connectivity index (χ1v) is 35.7. The highest BCUT2D eigenvalue weighted by molar-refractivity contribution is 7.03. The molecular weight excluding hydrogens is 773 g/mol. The SMILES string of the molecule is C=Cc1cccc(CC[Si](C)(C)O[Si]23O[Si]4(CC)O[Si]5(CC)O[Si]6(CC)O[Si](CC)(O4)O[Si](CC)(O[Si](CC)(O6)O[Si](CC)(O5)O2)O3)c1. The van der Waals surface area contributed by atoms with Crippen molar-refractivity contribution < 1.29 is 53.5 Å². The Labute approximate surface area is 295 Å². The van der Waals surface area contributed by atoms with Crippen LogP contribution in [0.2, 0.25) is 61.4 Å². The van der Waals surface area contributed by atoms with Gasteiger partial charge in [-0.25, -0.2) is 0 Å². The molecule has 8 bridgehead atoms. The summed E-state index contributed by atoms with van der Waals surface area (Å²) in [5.41, 5.74) is 2.27. The first-order valence-electron chi connectivity index (χ1n) is 17.5. The fourth-order valence-electron chi connectivity index (χ4n) is 6.49.